The third-order valence-electron chi connectivity index (χ3n) is 5.82. The van der Waals surface area contributed by atoms with Crippen LogP contribution in [0.5, 0.6) is 11.5 Å². The van der Waals surface area contributed by atoms with E-state index in [9.17, 15) is 5.26 Å². The van der Waals surface area contributed by atoms with E-state index in [1.165, 1.54) is 0 Å². The summed E-state index contributed by atoms with van der Waals surface area (Å²) in [5.74, 6) is 1.80. The van der Waals surface area contributed by atoms with Gasteiger partial charge in [0.05, 0.1) is 36.5 Å². The standard InChI is InChI=1S/C27H32N6O3S/c1-29-11-3-12-31-37-26-7-5-21(17-25(26)34-2)32-27-30-13-8-23(33-27)19-4-6-24(20(16-19)18-28)36-22-9-14-35-15-10-22/h4-8,13,16-17,22,29,31H,3,9-12,14-15H2,1-2H3,(H,30,32,33). The van der Waals surface area contributed by atoms with E-state index in [-0.39, 0.29) is 6.10 Å². The van der Waals surface area contributed by atoms with Crippen molar-refractivity contribution >= 4 is 23.6 Å². The molecule has 37 heavy (non-hydrogen) atoms. The quantitative estimate of drug-likeness (QED) is 0.232. The number of methoxy groups -OCH3 is 1. The van der Waals surface area contributed by atoms with Crippen LogP contribution in [0, 0.1) is 11.3 Å². The summed E-state index contributed by atoms with van der Waals surface area (Å²) in [4.78, 5) is 10.0. The molecule has 0 bridgehead atoms. The number of benzene rings is 2. The number of aromatic nitrogens is 2. The fourth-order valence-electron chi connectivity index (χ4n) is 3.86. The monoisotopic (exact) mass is 520 g/mol. The number of anilines is 2. The van der Waals surface area contributed by atoms with Gasteiger partial charge in [-0.3, -0.25) is 4.72 Å². The Morgan fingerprint density at radius 3 is 2.76 bits per heavy atom. The normalized spacial score (nSPS) is 13.6. The van der Waals surface area contributed by atoms with Crippen molar-refractivity contribution in [3.05, 3.63) is 54.2 Å². The highest BCUT2D eigenvalue weighted by molar-refractivity contribution is 7.97. The minimum atomic E-state index is 0.0671. The molecule has 3 N–H and O–H groups in total. The minimum Gasteiger partial charge on any atom is -0.495 e. The maximum Gasteiger partial charge on any atom is 0.227 e. The van der Waals surface area contributed by atoms with Crippen LogP contribution < -0.4 is 24.8 Å². The summed E-state index contributed by atoms with van der Waals surface area (Å²) in [5, 5.41) is 16.1. The molecular weight excluding hydrogens is 488 g/mol. The first-order valence-electron chi connectivity index (χ1n) is 12.3. The van der Waals surface area contributed by atoms with E-state index in [1.54, 1.807) is 31.3 Å². The molecule has 9 nitrogen and oxygen atoms in total. The van der Waals surface area contributed by atoms with Crippen molar-refractivity contribution in [1.29, 1.82) is 5.26 Å². The molecule has 1 aliphatic heterocycles. The first-order chi connectivity index (χ1) is 18.2. The molecule has 0 spiro atoms. The maximum atomic E-state index is 9.71. The molecule has 0 radical (unpaired) electrons. The Labute approximate surface area is 222 Å². The van der Waals surface area contributed by atoms with Crippen molar-refractivity contribution < 1.29 is 14.2 Å². The van der Waals surface area contributed by atoms with E-state index in [0.717, 1.165) is 54.2 Å². The van der Waals surface area contributed by atoms with E-state index in [4.69, 9.17) is 14.2 Å². The van der Waals surface area contributed by atoms with E-state index in [2.05, 4.69) is 31.4 Å². The summed E-state index contributed by atoms with van der Waals surface area (Å²) in [6, 6.07) is 15.5. The predicted octanol–water partition coefficient (Wildman–Crippen LogP) is 4.53. The molecule has 0 aliphatic carbocycles. The van der Waals surface area contributed by atoms with Crippen molar-refractivity contribution in [2.75, 3.05) is 45.8 Å². The molecule has 1 fully saturated rings. The highest BCUT2D eigenvalue weighted by Gasteiger charge is 2.17. The summed E-state index contributed by atoms with van der Waals surface area (Å²) < 4.78 is 20.4. The van der Waals surface area contributed by atoms with E-state index < -0.39 is 0 Å². The van der Waals surface area contributed by atoms with Crippen LogP contribution in [0.3, 0.4) is 0 Å². The van der Waals surface area contributed by atoms with Gasteiger partial charge in [-0.05, 0) is 68.4 Å². The lowest BCUT2D eigenvalue weighted by molar-refractivity contribution is 0.0254. The van der Waals surface area contributed by atoms with Gasteiger partial charge in [-0.25, -0.2) is 9.97 Å². The summed E-state index contributed by atoms with van der Waals surface area (Å²) in [7, 11) is 3.61. The van der Waals surface area contributed by atoms with Gasteiger partial charge < -0.3 is 24.8 Å². The van der Waals surface area contributed by atoms with Gasteiger partial charge in [-0.15, -0.1) is 0 Å². The Balaban J connectivity index is 1.44. The third-order valence-corrected chi connectivity index (χ3v) is 6.73. The fraction of sp³-hybridized carbons (Fsp3) is 0.370. The molecule has 0 saturated carbocycles. The highest BCUT2D eigenvalue weighted by Crippen LogP contribution is 2.32. The molecule has 0 amide bonds. The molecule has 2 heterocycles. The average molecular weight is 521 g/mol. The highest BCUT2D eigenvalue weighted by atomic mass is 32.2. The van der Waals surface area contributed by atoms with Crippen molar-refractivity contribution in [2.45, 2.75) is 30.3 Å². The van der Waals surface area contributed by atoms with Crippen LogP contribution in [0.25, 0.3) is 11.3 Å². The van der Waals surface area contributed by atoms with Gasteiger partial charge in [0.2, 0.25) is 5.95 Å². The van der Waals surface area contributed by atoms with Gasteiger partial charge in [-0.1, -0.05) is 0 Å². The first kappa shape index (κ1) is 26.7. The molecular formula is C27H32N6O3S. The van der Waals surface area contributed by atoms with Gasteiger partial charge in [0.15, 0.2) is 0 Å². The fourth-order valence-corrected chi connectivity index (χ4v) is 4.64. The van der Waals surface area contributed by atoms with Crippen LogP contribution in [0.4, 0.5) is 11.6 Å². The lowest BCUT2D eigenvalue weighted by Gasteiger charge is -2.23. The lowest BCUT2D eigenvalue weighted by Crippen LogP contribution is -2.26. The van der Waals surface area contributed by atoms with Crippen LogP contribution in [0.15, 0.2) is 53.6 Å². The Hall–Kier alpha value is -3.36. The predicted molar refractivity (Wildman–Crippen MR) is 145 cm³/mol. The van der Waals surface area contributed by atoms with Gasteiger partial charge in [-0.2, -0.15) is 5.26 Å². The molecule has 2 aromatic carbocycles. The largest absolute Gasteiger partial charge is 0.495 e. The first-order valence-corrected chi connectivity index (χ1v) is 13.1. The number of hydrogen-bond donors (Lipinski definition) is 3. The molecule has 1 aromatic heterocycles. The number of nitriles is 1. The number of nitrogens with zero attached hydrogens (tertiary/aromatic N) is 3. The van der Waals surface area contributed by atoms with E-state index >= 15 is 0 Å². The topological polar surface area (TPSA) is 113 Å². The van der Waals surface area contributed by atoms with E-state index in [1.807, 2.05) is 43.4 Å². The Morgan fingerprint density at radius 2 is 1.97 bits per heavy atom. The Bertz CT molecular complexity index is 1210. The van der Waals surface area contributed by atoms with Gasteiger partial charge >= 0.3 is 0 Å². The molecule has 3 aromatic rings. The average Bonchev–Trinajstić information content (AvgIpc) is 2.94. The molecule has 0 atom stereocenters. The van der Waals surface area contributed by atoms with Crippen molar-refractivity contribution in [2.24, 2.45) is 0 Å². The molecule has 1 aliphatic rings. The minimum absolute atomic E-state index is 0.0671. The third kappa shape index (κ3) is 7.57. The second kappa shape index (κ2) is 13.8. The number of rotatable bonds is 12. The van der Waals surface area contributed by atoms with E-state index in [0.29, 0.717) is 36.2 Å². The summed E-state index contributed by atoms with van der Waals surface area (Å²) in [6.45, 7) is 3.23. The van der Waals surface area contributed by atoms with Gasteiger partial charge in [0.1, 0.15) is 23.7 Å². The zero-order valence-electron chi connectivity index (χ0n) is 21.1. The number of ether oxygens (including phenoxy) is 3. The van der Waals surface area contributed by atoms with Gasteiger partial charge in [0.25, 0.3) is 0 Å². The second-order valence-electron chi connectivity index (χ2n) is 8.46. The van der Waals surface area contributed by atoms with Crippen LogP contribution in [0.1, 0.15) is 24.8 Å². The van der Waals surface area contributed by atoms with Crippen molar-refractivity contribution in [3.63, 3.8) is 0 Å². The van der Waals surface area contributed by atoms with Crippen molar-refractivity contribution in [3.8, 4) is 28.8 Å². The molecule has 4 rings (SSSR count). The number of hydrogen-bond acceptors (Lipinski definition) is 10. The number of nitrogens with one attached hydrogen (secondary N) is 3. The molecule has 1 saturated heterocycles. The lowest BCUT2D eigenvalue weighted by atomic mass is 10.1. The smallest absolute Gasteiger partial charge is 0.227 e. The van der Waals surface area contributed by atoms with Crippen LogP contribution in [0.2, 0.25) is 0 Å². The van der Waals surface area contributed by atoms with Crippen LogP contribution in [-0.2, 0) is 4.74 Å². The zero-order chi connectivity index (χ0) is 25.9. The molecule has 10 heteroatoms. The van der Waals surface area contributed by atoms with Crippen molar-refractivity contribution in [1.82, 2.24) is 20.0 Å². The SMILES string of the molecule is CNCCCNSc1ccc(Nc2nccc(-c3ccc(OC4CCOCC4)c(C#N)c3)n2)cc1OC. The molecule has 194 valence electrons. The summed E-state index contributed by atoms with van der Waals surface area (Å²) >= 11 is 1.55. The zero-order valence-corrected chi connectivity index (χ0v) is 21.9. The van der Waals surface area contributed by atoms with Gasteiger partial charge in [0, 0.05) is 42.9 Å². The summed E-state index contributed by atoms with van der Waals surface area (Å²) in [6.07, 6.45) is 4.45. The Kier molecular flexibility index (Phi) is 9.97. The maximum absolute atomic E-state index is 9.71. The summed E-state index contributed by atoms with van der Waals surface area (Å²) in [5.41, 5.74) is 2.81. The van der Waals surface area contributed by atoms with Crippen LogP contribution >= 0.6 is 11.9 Å². The second-order valence-corrected chi connectivity index (χ2v) is 9.39. The molecule has 0 unspecified atom stereocenters. The Morgan fingerprint density at radius 1 is 1.11 bits per heavy atom. The van der Waals surface area contributed by atoms with Crippen LogP contribution in [-0.4, -0.2) is 56.5 Å².